The van der Waals surface area contributed by atoms with Crippen LogP contribution in [0.3, 0.4) is 0 Å². The number of amides is 2. The summed E-state index contributed by atoms with van der Waals surface area (Å²) in [7, 11) is 0. The molecule has 2 aromatic carbocycles. The van der Waals surface area contributed by atoms with E-state index in [1.54, 1.807) is 6.07 Å². The molecule has 6 nitrogen and oxygen atoms in total. The number of nitrogens with one attached hydrogen (secondary N) is 1. The normalized spacial score (nSPS) is 11.5. The lowest BCUT2D eigenvalue weighted by Gasteiger charge is -2.30. The number of halogens is 1. The lowest BCUT2D eigenvalue weighted by atomic mass is 10.0. The smallest absolute Gasteiger partial charge is 0.276 e. The first kappa shape index (κ1) is 20.3. The summed E-state index contributed by atoms with van der Waals surface area (Å²) in [5, 5.41) is 8.07. The minimum Gasteiger partial charge on any atom is -0.350 e. The Labute approximate surface area is 171 Å². The molecule has 1 heterocycles. The first-order valence-electron chi connectivity index (χ1n) is 8.86. The van der Waals surface area contributed by atoms with E-state index in [1.807, 2.05) is 30.3 Å². The van der Waals surface area contributed by atoms with Crippen molar-refractivity contribution in [2.45, 2.75) is 12.6 Å². The lowest BCUT2D eigenvalue weighted by Crippen LogP contribution is -2.44. The quantitative estimate of drug-likeness (QED) is 0.578. The van der Waals surface area contributed by atoms with Gasteiger partial charge in [-0.2, -0.15) is 0 Å². The van der Waals surface area contributed by atoms with Crippen LogP contribution in [0.25, 0.3) is 0 Å². The average molecular weight is 410 g/mol. The minimum atomic E-state index is -1.19. The van der Waals surface area contributed by atoms with Crippen LogP contribution in [0.5, 0.6) is 0 Å². The maximum Gasteiger partial charge on any atom is 0.276 e. The van der Waals surface area contributed by atoms with E-state index in [4.69, 9.17) is 0 Å². The monoisotopic (exact) mass is 410 g/mol. The fourth-order valence-corrected chi connectivity index (χ4v) is 3.31. The van der Waals surface area contributed by atoms with Crippen LogP contribution in [0.15, 0.2) is 72.6 Å². The largest absolute Gasteiger partial charge is 0.350 e. The molecule has 0 saturated heterocycles. The fraction of sp³-hybridized carbons (Fsp3) is 0.143. The maximum absolute atomic E-state index is 14.6. The summed E-state index contributed by atoms with van der Waals surface area (Å²) in [4.78, 5) is 27.3. The topological polar surface area (TPSA) is 75.2 Å². The van der Waals surface area contributed by atoms with Gasteiger partial charge in [-0.25, -0.2) is 4.39 Å². The molecule has 0 bridgehead atoms. The van der Waals surface area contributed by atoms with Crippen LogP contribution < -0.4 is 5.32 Å². The van der Waals surface area contributed by atoms with E-state index in [-0.39, 0.29) is 24.3 Å². The Balaban J connectivity index is 1.94. The Hall–Kier alpha value is -3.39. The van der Waals surface area contributed by atoms with Gasteiger partial charge >= 0.3 is 0 Å². The lowest BCUT2D eigenvalue weighted by molar-refractivity contribution is -0.126. The Morgan fingerprint density at radius 2 is 1.90 bits per heavy atom. The molecule has 1 atom stereocenters. The first-order chi connectivity index (χ1) is 14.1. The highest BCUT2D eigenvalue weighted by atomic mass is 32.1. The van der Waals surface area contributed by atoms with Crippen molar-refractivity contribution in [3.05, 3.63) is 95.3 Å². The molecule has 3 aromatic rings. The highest BCUT2D eigenvalue weighted by molar-refractivity contribution is 7.03. The van der Waals surface area contributed by atoms with Crippen LogP contribution >= 0.6 is 11.5 Å². The van der Waals surface area contributed by atoms with Gasteiger partial charge in [-0.3, -0.25) is 9.59 Å². The number of benzene rings is 2. The van der Waals surface area contributed by atoms with E-state index in [9.17, 15) is 14.0 Å². The molecule has 0 spiro atoms. The molecule has 0 aliphatic heterocycles. The van der Waals surface area contributed by atoms with E-state index in [0.717, 1.165) is 17.1 Å². The standard InChI is InChI=1S/C21H19FN4O2S/c1-2-12-26(21(28)18-14-29-25-24-18)19(16-10-6-7-11-17(16)22)20(27)23-13-15-8-4-3-5-9-15/h2-11,14,19H,1,12-13H2,(H,23,27)/t19-/m1/s1. The van der Waals surface area contributed by atoms with Crippen molar-refractivity contribution in [1.29, 1.82) is 0 Å². The van der Waals surface area contributed by atoms with Crippen molar-refractivity contribution >= 4 is 23.3 Å². The summed E-state index contributed by atoms with van der Waals surface area (Å²) >= 11 is 1.02. The zero-order valence-electron chi connectivity index (χ0n) is 15.5. The molecular formula is C21H19FN4O2S. The minimum absolute atomic E-state index is 0.0358. The molecule has 3 rings (SSSR count). The Kier molecular flexibility index (Phi) is 6.80. The Morgan fingerprint density at radius 3 is 2.55 bits per heavy atom. The summed E-state index contributed by atoms with van der Waals surface area (Å²) in [6.07, 6.45) is 1.48. The molecule has 0 aliphatic rings. The van der Waals surface area contributed by atoms with Gasteiger partial charge in [-0.05, 0) is 23.2 Å². The van der Waals surface area contributed by atoms with Gasteiger partial charge in [-0.1, -0.05) is 59.1 Å². The van der Waals surface area contributed by atoms with Gasteiger partial charge in [0.1, 0.15) is 11.9 Å². The number of nitrogens with zero attached hydrogens (tertiary/aromatic N) is 3. The highest BCUT2D eigenvalue weighted by Gasteiger charge is 2.34. The van der Waals surface area contributed by atoms with E-state index >= 15 is 0 Å². The SMILES string of the molecule is C=CCN(C(=O)c1csnn1)[C@@H](C(=O)NCc1ccccc1)c1ccccc1F. The van der Waals surface area contributed by atoms with Crippen LogP contribution in [0.1, 0.15) is 27.7 Å². The molecule has 0 aliphatic carbocycles. The molecule has 0 saturated carbocycles. The summed E-state index contributed by atoms with van der Waals surface area (Å²) in [6.45, 7) is 3.95. The van der Waals surface area contributed by atoms with Gasteiger partial charge in [0.05, 0.1) is 0 Å². The van der Waals surface area contributed by atoms with Gasteiger partial charge < -0.3 is 10.2 Å². The van der Waals surface area contributed by atoms with Crippen molar-refractivity contribution in [3.8, 4) is 0 Å². The molecular weight excluding hydrogens is 391 g/mol. The van der Waals surface area contributed by atoms with E-state index < -0.39 is 23.7 Å². The maximum atomic E-state index is 14.6. The number of carbonyl (C=O) groups excluding carboxylic acids is 2. The third-order valence-corrected chi connectivity index (χ3v) is 4.74. The first-order valence-corrected chi connectivity index (χ1v) is 9.70. The van der Waals surface area contributed by atoms with Crippen molar-refractivity contribution in [3.63, 3.8) is 0 Å². The van der Waals surface area contributed by atoms with Crippen LogP contribution in [0, 0.1) is 5.82 Å². The third kappa shape index (κ3) is 4.91. The number of rotatable bonds is 8. The number of carbonyl (C=O) groups is 2. The highest BCUT2D eigenvalue weighted by Crippen LogP contribution is 2.26. The second-order valence-corrected chi connectivity index (χ2v) is 6.77. The van der Waals surface area contributed by atoms with E-state index in [0.29, 0.717) is 0 Å². The average Bonchev–Trinajstić information content (AvgIpc) is 3.28. The summed E-state index contributed by atoms with van der Waals surface area (Å²) < 4.78 is 18.3. The third-order valence-electron chi connectivity index (χ3n) is 4.24. The van der Waals surface area contributed by atoms with Crippen LogP contribution in [0.2, 0.25) is 0 Å². The zero-order valence-corrected chi connectivity index (χ0v) is 16.3. The number of hydrogen-bond acceptors (Lipinski definition) is 5. The van der Waals surface area contributed by atoms with E-state index in [1.165, 1.54) is 34.6 Å². The van der Waals surface area contributed by atoms with Crippen molar-refractivity contribution < 1.29 is 14.0 Å². The fourth-order valence-electron chi connectivity index (χ4n) is 2.88. The van der Waals surface area contributed by atoms with Crippen molar-refractivity contribution in [2.24, 2.45) is 0 Å². The molecule has 29 heavy (non-hydrogen) atoms. The molecule has 1 N–H and O–H groups in total. The number of aromatic nitrogens is 2. The molecule has 148 valence electrons. The van der Waals surface area contributed by atoms with Crippen LogP contribution in [0.4, 0.5) is 4.39 Å². The van der Waals surface area contributed by atoms with Gasteiger partial charge in [0.2, 0.25) is 5.91 Å². The molecule has 8 heteroatoms. The van der Waals surface area contributed by atoms with Crippen molar-refractivity contribution in [2.75, 3.05) is 6.54 Å². The Morgan fingerprint density at radius 1 is 1.17 bits per heavy atom. The van der Waals surface area contributed by atoms with E-state index in [2.05, 4.69) is 21.5 Å². The molecule has 0 fully saturated rings. The van der Waals surface area contributed by atoms with Gasteiger partial charge in [-0.15, -0.1) is 11.7 Å². The molecule has 0 radical (unpaired) electrons. The summed E-state index contributed by atoms with van der Waals surface area (Å²) in [5.41, 5.74) is 1.07. The molecule has 2 amide bonds. The van der Waals surface area contributed by atoms with Crippen LogP contribution in [-0.2, 0) is 11.3 Å². The van der Waals surface area contributed by atoms with Crippen molar-refractivity contribution in [1.82, 2.24) is 19.8 Å². The second kappa shape index (κ2) is 9.70. The van der Waals surface area contributed by atoms with Crippen LogP contribution in [-0.4, -0.2) is 32.8 Å². The predicted molar refractivity (Wildman–Crippen MR) is 109 cm³/mol. The number of hydrogen-bond donors (Lipinski definition) is 1. The van der Waals surface area contributed by atoms with Gasteiger partial charge in [0.25, 0.3) is 5.91 Å². The summed E-state index contributed by atoms with van der Waals surface area (Å²) in [5.74, 6) is -1.61. The Bertz CT molecular complexity index is 979. The van der Waals surface area contributed by atoms with Gasteiger partial charge in [0, 0.05) is 24.0 Å². The molecule has 0 unspecified atom stereocenters. The molecule has 1 aromatic heterocycles. The zero-order chi connectivity index (χ0) is 20.6. The van der Waals surface area contributed by atoms with Gasteiger partial charge in [0.15, 0.2) is 5.69 Å². The summed E-state index contributed by atoms with van der Waals surface area (Å²) in [6, 6.07) is 14.0. The predicted octanol–water partition coefficient (Wildman–Crippen LogP) is 3.36. The second-order valence-electron chi connectivity index (χ2n) is 6.16.